The Morgan fingerprint density at radius 3 is 2.39 bits per heavy atom. The van der Waals surface area contributed by atoms with Crippen LogP contribution in [0.4, 0.5) is 0 Å². The van der Waals surface area contributed by atoms with Gasteiger partial charge in [0, 0.05) is 37.8 Å². The van der Waals surface area contributed by atoms with Crippen LogP contribution in [0.2, 0.25) is 5.02 Å². The number of nitrogens with one attached hydrogen (secondary N) is 1. The van der Waals surface area contributed by atoms with Gasteiger partial charge in [-0.25, -0.2) is 4.68 Å². The van der Waals surface area contributed by atoms with Crippen molar-refractivity contribution < 1.29 is 9.47 Å². The molecule has 0 atom stereocenters. The van der Waals surface area contributed by atoms with Gasteiger partial charge >= 0.3 is 0 Å². The first kappa shape index (κ1) is 24.5. The number of nitrogens with zero attached hydrogens (tertiary/aromatic N) is 3. The van der Waals surface area contributed by atoms with Gasteiger partial charge in [-0.1, -0.05) is 48.0 Å². The monoisotopic (exact) mass is 508 g/mol. The summed E-state index contributed by atoms with van der Waals surface area (Å²) >= 11 is 6.16. The van der Waals surface area contributed by atoms with Gasteiger partial charge in [-0.3, -0.25) is 19.6 Å². The number of aromatic amines is 1. The van der Waals surface area contributed by atoms with E-state index in [1.807, 2.05) is 30.3 Å². The van der Waals surface area contributed by atoms with Gasteiger partial charge in [-0.15, -0.1) is 0 Å². The van der Waals surface area contributed by atoms with Crippen molar-refractivity contribution in [2.24, 2.45) is 0 Å². The summed E-state index contributed by atoms with van der Waals surface area (Å²) in [5.74, 6) is 0. The zero-order chi connectivity index (χ0) is 25.1. The molecule has 5 rings (SSSR count). The SMILES string of the molecule is COCCn1[nH]c2cc(=O)n(Cc3ccccc3CN3CCOCC3)c(-c3ccc(Cl)cc3)c2c1=O. The minimum Gasteiger partial charge on any atom is -0.383 e. The Hall–Kier alpha value is -3.17. The summed E-state index contributed by atoms with van der Waals surface area (Å²) in [5.41, 5.74) is 3.64. The Labute approximate surface area is 213 Å². The van der Waals surface area contributed by atoms with Crippen LogP contribution in [0.3, 0.4) is 0 Å². The number of hydrogen-bond donors (Lipinski definition) is 1. The Bertz CT molecular complexity index is 1470. The molecular weight excluding hydrogens is 480 g/mol. The molecule has 0 aliphatic carbocycles. The second-order valence-electron chi connectivity index (χ2n) is 8.93. The number of morpholine rings is 1. The molecule has 0 unspecified atom stereocenters. The predicted octanol–water partition coefficient (Wildman–Crippen LogP) is 3.34. The van der Waals surface area contributed by atoms with Crippen molar-refractivity contribution in [3.63, 3.8) is 0 Å². The molecule has 3 heterocycles. The standard InChI is InChI=1S/C27H29ClN4O4/c1-35-13-12-32-27(34)25-23(29-32)16-24(33)31(26(25)19-6-8-22(28)9-7-19)18-21-5-3-2-4-20(21)17-30-10-14-36-15-11-30/h2-9,16,29H,10-15,17-18H2,1H3. The highest BCUT2D eigenvalue weighted by Crippen LogP contribution is 2.27. The first-order valence-corrected chi connectivity index (χ1v) is 12.4. The molecule has 1 fully saturated rings. The van der Waals surface area contributed by atoms with Crippen LogP contribution in [-0.4, -0.2) is 59.3 Å². The minimum absolute atomic E-state index is 0.186. The summed E-state index contributed by atoms with van der Waals surface area (Å²) in [6, 6.07) is 16.9. The molecule has 9 heteroatoms. The molecule has 8 nitrogen and oxygen atoms in total. The van der Waals surface area contributed by atoms with Gasteiger partial charge in [0.05, 0.1) is 49.5 Å². The highest BCUT2D eigenvalue weighted by Gasteiger charge is 2.20. The molecule has 188 valence electrons. The number of H-pyrrole nitrogens is 1. The first-order chi connectivity index (χ1) is 17.5. The molecule has 1 aliphatic rings. The maximum absolute atomic E-state index is 13.5. The Balaban J connectivity index is 1.64. The molecule has 0 bridgehead atoms. The number of fused-ring (bicyclic) bond motifs is 1. The zero-order valence-electron chi connectivity index (χ0n) is 20.2. The Morgan fingerprint density at radius 1 is 1.00 bits per heavy atom. The smallest absolute Gasteiger partial charge is 0.276 e. The van der Waals surface area contributed by atoms with Gasteiger partial charge in [0.15, 0.2) is 0 Å². The third kappa shape index (κ3) is 5.03. The van der Waals surface area contributed by atoms with Crippen LogP contribution in [0.25, 0.3) is 22.2 Å². The van der Waals surface area contributed by atoms with Crippen molar-refractivity contribution in [1.82, 2.24) is 19.2 Å². The van der Waals surface area contributed by atoms with E-state index in [-0.39, 0.29) is 11.1 Å². The lowest BCUT2D eigenvalue weighted by atomic mass is 10.0. The van der Waals surface area contributed by atoms with Crippen LogP contribution in [0.5, 0.6) is 0 Å². The molecule has 4 aromatic rings. The molecule has 0 saturated carbocycles. The van der Waals surface area contributed by atoms with Gasteiger partial charge in [0.25, 0.3) is 11.1 Å². The van der Waals surface area contributed by atoms with Crippen LogP contribution < -0.4 is 11.1 Å². The second-order valence-corrected chi connectivity index (χ2v) is 9.37. The molecule has 1 N–H and O–H groups in total. The van der Waals surface area contributed by atoms with Crippen LogP contribution in [0, 0.1) is 0 Å². The van der Waals surface area contributed by atoms with Gasteiger partial charge in [0.2, 0.25) is 0 Å². The van der Waals surface area contributed by atoms with E-state index in [9.17, 15) is 9.59 Å². The second kappa shape index (κ2) is 10.8. The van der Waals surface area contributed by atoms with E-state index >= 15 is 0 Å². The normalized spacial score (nSPS) is 14.5. The van der Waals surface area contributed by atoms with Crippen molar-refractivity contribution in [2.75, 3.05) is 40.0 Å². The fourth-order valence-electron chi connectivity index (χ4n) is 4.72. The lowest BCUT2D eigenvalue weighted by Crippen LogP contribution is -2.36. The van der Waals surface area contributed by atoms with E-state index in [1.54, 1.807) is 23.8 Å². The lowest BCUT2D eigenvalue weighted by Gasteiger charge is -2.27. The number of halogens is 1. The van der Waals surface area contributed by atoms with E-state index in [1.165, 1.54) is 10.7 Å². The van der Waals surface area contributed by atoms with Crippen molar-refractivity contribution in [1.29, 1.82) is 0 Å². The molecule has 36 heavy (non-hydrogen) atoms. The number of benzene rings is 2. The highest BCUT2D eigenvalue weighted by molar-refractivity contribution is 6.30. The van der Waals surface area contributed by atoms with E-state index < -0.39 is 0 Å². The third-order valence-electron chi connectivity index (χ3n) is 6.61. The van der Waals surface area contributed by atoms with Crippen molar-refractivity contribution in [3.8, 4) is 11.3 Å². The van der Waals surface area contributed by atoms with Gasteiger partial charge in [-0.2, -0.15) is 0 Å². The van der Waals surface area contributed by atoms with E-state index in [0.29, 0.717) is 41.3 Å². The average molecular weight is 509 g/mol. The lowest BCUT2D eigenvalue weighted by molar-refractivity contribution is 0.0340. The number of rotatable bonds is 8. The van der Waals surface area contributed by atoms with E-state index in [2.05, 4.69) is 16.1 Å². The maximum atomic E-state index is 13.5. The number of ether oxygens (including phenoxy) is 2. The summed E-state index contributed by atoms with van der Waals surface area (Å²) in [7, 11) is 1.59. The van der Waals surface area contributed by atoms with E-state index in [4.69, 9.17) is 21.1 Å². The predicted molar refractivity (Wildman–Crippen MR) is 141 cm³/mol. The fraction of sp³-hybridized carbons (Fsp3) is 0.333. The van der Waals surface area contributed by atoms with Crippen LogP contribution in [-0.2, 0) is 29.1 Å². The average Bonchev–Trinajstić information content (AvgIpc) is 3.20. The number of methoxy groups -OCH3 is 1. The molecule has 0 radical (unpaired) electrons. The quantitative estimate of drug-likeness (QED) is 0.395. The molecule has 1 saturated heterocycles. The molecular formula is C27H29ClN4O4. The molecule has 0 amide bonds. The summed E-state index contributed by atoms with van der Waals surface area (Å²) < 4.78 is 13.8. The summed E-state index contributed by atoms with van der Waals surface area (Å²) in [6.07, 6.45) is 0. The Morgan fingerprint density at radius 2 is 1.69 bits per heavy atom. The fourth-order valence-corrected chi connectivity index (χ4v) is 4.85. The summed E-state index contributed by atoms with van der Waals surface area (Å²) in [4.78, 5) is 29.3. The van der Waals surface area contributed by atoms with Crippen molar-refractivity contribution >= 4 is 22.5 Å². The first-order valence-electron chi connectivity index (χ1n) is 12.0. The maximum Gasteiger partial charge on any atom is 0.276 e. The van der Waals surface area contributed by atoms with Gasteiger partial charge in [-0.05, 0) is 28.8 Å². The summed E-state index contributed by atoms with van der Waals surface area (Å²) in [6.45, 7) is 5.06. The number of aromatic nitrogens is 3. The number of pyridine rings is 1. The third-order valence-corrected chi connectivity index (χ3v) is 6.86. The van der Waals surface area contributed by atoms with Gasteiger partial charge < -0.3 is 14.0 Å². The van der Waals surface area contributed by atoms with Crippen LogP contribution in [0.1, 0.15) is 11.1 Å². The zero-order valence-corrected chi connectivity index (χ0v) is 21.0. The molecule has 2 aromatic carbocycles. The topological polar surface area (TPSA) is 81.5 Å². The van der Waals surface area contributed by atoms with Crippen molar-refractivity contribution in [3.05, 3.63) is 91.5 Å². The van der Waals surface area contributed by atoms with Crippen molar-refractivity contribution in [2.45, 2.75) is 19.6 Å². The number of hydrogen-bond acceptors (Lipinski definition) is 5. The largest absolute Gasteiger partial charge is 0.383 e. The van der Waals surface area contributed by atoms with Crippen LogP contribution in [0.15, 0.2) is 64.2 Å². The molecule has 0 spiro atoms. The molecule has 1 aliphatic heterocycles. The minimum atomic E-state index is -0.192. The summed E-state index contributed by atoms with van der Waals surface area (Å²) in [5, 5.41) is 4.14. The van der Waals surface area contributed by atoms with E-state index in [0.717, 1.165) is 49.5 Å². The van der Waals surface area contributed by atoms with Gasteiger partial charge in [0.1, 0.15) is 0 Å². The highest BCUT2D eigenvalue weighted by atomic mass is 35.5. The Kier molecular flexibility index (Phi) is 7.38. The molecule has 2 aromatic heterocycles. The van der Waals surface area contributed by atoms with Crippen LogP contribution >= 0.6 is 11.6 Å².